The van der Waals surface area contributed by atoms with Gasteiger partial charge in [0.2, 0.25) is 0 Å². The van der Waals surface area contributed by atoms with E-state index in [1.165, 1.54) is 12.1 Å². The molecule has 1 fully saturated rings. The second-order valence-electron chi connectivity index (χ2n) is 4.82. The summed E-state index contributed by atoms with van der Waals surface area (Å²) in [5.74, 6) is -1.33. The van der Waals surface area contributed by atoms with Crippen LogP contribution in [-0.2, 0) is 4.74 Å². The zero-order valence-corrected chi connectivity index (χ0v) is 10.5. The molecule has 1 aliphatic heterocycles. The Morgan fingerprint density at radius 2 is 2.22 bits per heavy atom. The van der Waals surface area contributed by atoms with Crippen LogP contribution in [0.15, 0.2) is 12.1 Å². The van der Waals surface area contributed by atoms with Gasteiger partial charge < -0.3 is 9.84 Å². The van der Waals surface area contributed by atoms with E-state index in [1.54, 1.807) is 6.92 Å². The molecule has 1 N–H and O–H groups in total. The maximum atomic E-state index is 13.8. The highest BCUT2D eigenvalue weighted by molar-refractivity contribution is 5.28. The standard InChI is InChI=1S/C14H18F2O2/c1-9-4-6-11(15)13(14(9)16)12(17)7-5-10-3-2-8-18-10/h4,6,10,12,17H,2-3,5,7-8H2,1H3. The molecule has 2 atom stereocenters. The molecule has 0 amide bonds. The molecule has 2 rings (SSSR count). The smallest absolute Gasteiger partial charge is 0.134 e. The Morgan fingerprint density at radius 3 is 2.89 bits per heavy atom. The topological polar surface area (TPSA) is 29.5 Å². The first kappa shape index (κ1) is 13.4. The predicted octanol–water partition coefficient (Wildman–Crippen LogP) is 3.27. The van der Waals surface area contributed by atoms with E-state index >= 15 is 0 Å². The van der Waals surface area contributed by atoms with Gasteiger partial charge in [-0.1, -0.05) is 6.07 Å². The van der Waals surface area contributed by atoms with E-state index in [0.717, 1.165) is 19.4 Å². The van der Waals surface area contributed by atoms with Crippen molar-refractivity contribution in [3.05, 3.63) is 34.9 Å². The molecule has 2 unspecified atom stereocenters. The minimum absolute atomic E-state index is 0.121. The molecule has 1 saturated heterocycles. The van der Waals surface area contributed by atoms with Crippen LogP contribution in [-0.4, -0.2) is 17.8 Å². The normalized spacial score (nSPS) is 21.2. The number of ether oxygens (including phenoxy) is 1. The Labute approximate surface area is 106 Å². The van der Waals surface area contributed by atoms with Gasteiger partial charge in [-0.15, -0.1) is 0 Å². The van der Waals surface area contributed by atoms with Gasteiger partial charge in [-0.2, -0.15) is 0 Å². The quantitative estimate of drug-likeness (QED) is 0.896. The van der Waals surface area contributed by atoms with Gasteiger partial charge in [0.05, 0.1) is 17.8 Å². The van der Waals surface area contributed by atoms with Crippen LogP contribution in [0.25, 0.3) is 0 Å². The highest BCUT2D eigenvalue weighted by atomic mass is 19.1. The third-order valence-corrected chi connectivity index (χ3v) is 3.44. The number of aryl methyl sites for hydroxylation is 1. The van der Waals surface area contributed by atoms with Crippen molar-refractivity contribution in [3.8, 4) is 0 Å². The molecule has 0 radical (unpaired) electrons. The molecule has 4 heteroatoms. The maximum Gasteiger partial charge on any atom is 0.134 e. The third kappa shape index (κ3) is 2.87. The first-order valence-corrected chi connectivity index (χ1v) is 6.33. The Hall–Kier alpha value is -1.00. The Bertz CT molecular complexity index is 415. The average Bonchev–Trinajstić information content (AvgIpc) is 2.85. The van der Waals surface area contributed by atoms with Gasteiger partial charge in [0, 0.05) is 6.61 Å². The monoisotopic (exact) mass is 256 g/mol. The summed E-state index contributed by atoms with van der Waals surface area (Å²) in [5, 5.41) is 9.93. The molecule has 1 aliphatic rings. The lowest BCUT2D eigenvalue weighted by atomic mass is 9.99. The van der Waals surface area contributed by atoms with Gasteiger partial charge in [-0.05, 0) is 44.2 Å². The van der Waals surface area contributed by atoms with Crippen LogP contribution < -0.4 is 0 Å². The van der Waals surface area contributed by atoms with Gasteiger partial charge in [0.1, 0.15) is 11.6 Å². The van der Waals surface area contributed by atoms with Crippen molar-refractivity contribution in [1.82, 2.24) is 0 Å². The molecule has 18 heavy (non-hydrogen) atoms. The fraction of sp³-hybridized carbons (Fsp3) is 0.571. The number of benzene rings is 1. The summed E-state index contributed by atoms with van der Waals surface area (Å²) < 4.78 is 32.8. The van der Waals surface area contributed by atoms with Crippen LogP contribution in [0.3, 0.4) is 0 Å². The Balaban J connectivity index is 2.03. The molecule has 1 aromatic rings. The molecule has 0 aliphatic carbocycles. The van der Waals surface area contributed by atoms with E-state index in [0.29, 0.717) is 18.4 Å². The van der Waals surface area contributed by atoms with Gasteiger partial charge in [0.15, 0.2) is 0 Å². The van der Waals surface area contributed by atoms with Crippen molar-refractivity contribution in [3.63, 3.8) is 0 Å². The van der Waals surface area contributed by atoms with E-state index in [9.17, 15) is 13.9 Å². The van der Waals surface area contributed by atoms with Gasteiger partial charge >= 0.3 is 0 Å². The summed E-state index contributed by atoms with van der Waals surface area (Å²) in [4.78, 5) is 0. The van der Waals surface area contributed by atoms with Crippen molar-refractivity contribution in [1.29, 1.82) is 0 Å². The molecule has 100 valence electrons. The van der Waals surface area contributed by atoms with Crippen molar-refractivity contribution in [2.75, 3.05) is 6.61 Å². The molecule has 0 aromatic heterocycles. The fourth-order valence-electron chi connectivity index (χ4n) is 2.34. The van der Waals surface area contributed by atoms with Crippen LogP contribution in [0.1, 0.15) is 42.9 Å². The Kier molecular flexibility index (Phi) is 4.30. The van der Waals surface area contributed by atoms with Crippen molar-refractivity contribution in [2.24, 2.45) is 0 Å². The molecule has 1 aromatic carbocycles. The van der Waals surface area contributed by atoms with E-state index in [-0.39, 0.29) is 11.7 Å². The largest absolute Gasteiger partial charge is 0.388 e. The maximum absolute atomic E-state index is 13.8. The summed E-state index contributed by atoms with van der Waals surface area (Å²) >= 11 is 0. The Morgan fingerprint density at radius 1 is 1.44 bits per heavy atom. The number of hydrogen-bond donors (Lipinski definition) is 1. The lowest BCUT2D eigenvalue weighted by Gasteiger charge is -2.16. The summed E-state index contributed by atoms with van der Waals surface area (Å²) in [6.45, 7) is 2.30. The lowest BCUT2D eigenvalue weighted by molar-refractivity contribution is 0.0792. The number of hydrogen-bond acceptors (Lipinski definition) is 2. The van der Waals surface area contributed by atoms with E-state index in [2.05, 4.69) is 0 Å². The van der Waals surface area contributed by atoms with Gasteiger partial charge in [0.25, 0.3) is 0 Å². The fourth-order valence-corrected chi connectivity index (χ4v) is 2.34. The van der Waals surface area contributed by atoms with Crippen molar-refractivity contribution >= 4 is 0 Å². The molecule has 0 saturated carbocycles. The minimum atomic E-state index is -1.10. The van der Waals surface area contributed by atoms with E-state index in [4.69, 9.17) is 4.74 Å². The number of aliphatic hydroxyl groups is 1. The second kappa shape index (κ2) is 5.76. The van der Waals surface area contributed by atoms with Crippen molar-refractivity contribution in [2.45, 2.75) is 44.8 Å². The van der Waals surface area contributed by atoms with Gasteiger partial charge in [-0.3, -0.25) is 0 Å². The molecular formula is C14H18F2O2. The number of rotatable bonds is 4. The summed E-state index contributed by atoms with van der Waals surface area (Å²) in [7, 11) is 0. The first-order valence-electron chi connectivity index (χ1n) is 6.33. The van der Waals surface area contributed by atoms with Crippen LogP contribution in [0.5, 0.6) is 0 Å². The molecule has 0 bridgehead atoms. The minimum Gasteiger partial charge on any atom is -0.388 e. The predicted molar refractivity (Wildman–Crippen MR) is 64.3 cm³/mol. The average molecular weight is 256 g/mol. The van der Waals surface area contributed by atoms with Gasteiger partial charge in [-0.25, -0.2) is 8.78 Å². The number of aliphatic hydroxyl groups excluding tert-OH is 1. The molecule has 0 spiro atoms. The van der Waals surface area contributed by atoms with Crippen LogP contribution in [0.2, 0.25) is 0 Å². The highest BCUT2D eigenvalue weighted by Gasteiger charge is 2.22. The zero-order chi connectivity index (χ0) is 13.1. The third-order valence-electron chi connectivity index (χ3n) is 3.44. The van der Waals surface area contributed by atoms with Crippen LogP contribution in [0.4, 0.5) is 8.78 Å². The molecule has 2 nitrogen and oxygen atoms in total. The second-order valence-corrected chi connectivity index (χ2v) is 4.82. The number of halogens is 2. The molecule has 1 heterocycles. The van der Waals surface area contributed by atoms with E-state index < -0.39 is 17.7 Å². The highest BCUT2D eigenvalue weighted by Crippen LogP contribution is 2.28. The van der Waals surface area contributed by atoms with Crippen molar-refractivity contribution < 1.29 is 18.6 Å². The SMILES string of the molecule is Cc1ccc(F)c(C(O)CCC2CCCO2)c1F. The van der Waals surface area contributed by atoms with E-state index in [1.807, 2.05) is 0 Å². The lowest BCUT2D eigenvalue weighted by Crippen LogP contribution is -2.10. The zero-order valence-electron chi connectivity index (χ0n) is 10.5. The summed E-state index contributed by atoms with van der Waals surface area (Å²) in [6.07, 6.45) is 1.96. The molecular weight excluding hydrogens is 238 g/mol. The first-order chi connectivity index (χ1) is 8.59. The summed E-state index contributed by atoms with van der Waals surface area (Å²) in [5.41, 5.74) is 0.135. The summed E-state index contributed by atoms with van der Waals surface area (Å²) in [6, 6.07) is 2.57. The van der Waals surface area contributed by atoms with Crippen LogP contribution >= 0.6 is 0 Å². The van der Waals surface area contributed by atoms with Crippen LogP contribution in [0, 0.1) is 18.6 Å².